The lowest BCUT2D eigenvalue weighted by Crippen LogP contribution is -1.99. The molecule has 24 heavy (non-hydrogen) atoms. The van der Waals surface area contributed by atoms with Crippen molar-refractivity contribution in [1.82, 2.24) is 0 Å². The fourth-order valence-electron chi connectivity index (χ4n) is 2.46. The van der Waals surface area contributed by atoms with Crippen molar-refractivity contribution in [2.75, 3.05) is 7.11 Å². The monoisotopic (exact) mass is 372 g/mol. The number of ether oxygens (including phenoxy) is 1. The highest BCUT2D eigenvalue weighted by atomic mass is 35.5. The Hall–Kier alpha value is -2.25. The van der Waals surface area contributed by atoms with Crippen LogP contribution in [0.1, 0.15) is 9.67 Å². The fourth-order valence-corrected chi connectivity index (χ4v) is 3.88. The number of carboxylic acids is 1. The van der Waals surface area contributed by atoms with Gasteiger partial charge in [-0.25, -0.2) is 18.0 Å². The summed E-state index contributed by atoms with van der Waals surface area (Å²) in [5, 5.41) is 9.32. The van der Waals surface area contributed by atoms with E-state index in [1.54, 1.807) is 0 Å². The van der Waals surface area contributed by atoms with Crippen LogP contribution >= 0.6 is 22.9 Å². The highest BCUT2D eigenvalue weighted by Gasteiger charge is 2.27. The molecule has 3 nitrogen and oxygen atoms in total. The Bertz CT molecular complexity index is 985. The zero-order chi connectivity index (χ0) is 17.6. The molecular weight excluding hydrogens is 365 g/mol. The summed E-state index contributed by atoms with van der Waals surface area (Å²) >= 11 is 6.83. The minimum absolute atomic E-state index is 0.0386. The smallest absolute Gasteiger partial charge is 0.346 e. The zero-order valence-corrected chi connectivity index (χ0v) is 13.6. The molecule has 0 atom stereocenters. The molecule has 124 valence electrons. The number of methoxy groups -OCH3 is 1. The summed E-state index contributed by atoms with van der Waals surface area (Å²) in [6.07, 6.45) is 0. The van der Waals surface area contributed by atoms with E-state index >= 15 is 0 Å². The number of halogens is 4. The molecule has 0 aliphatic carbocycles. The van der Waals surface area contributed by atoms with Crippen LogP contribution in [0.25, 0.3) is 21.2 Å². The fraction of sp³-hybridized carbons (Fsp3) is 0.0625. The standard InChI is InChI=1S/C16H8ClF3O3S/c1-23-14-9(20)5-8(19)12(13(14)17)11-7-3-2-6(18)4-10(7)24-15(11)16(21)22/h2-5H,1H3,(H,21,22). The molecule has 0 aliphatic rings. The number of aromatic carboxylic acids is 1. The van der Waals surface area contributed by atoms with Crippen LogP contribution in [0.2, 0.25) is 5.02 Å². The second-order valence-electron chi connectivity index (χ2n) is 4.81. The molecule has 1 aromatic heterocycles. The summed E-state index contributed by atoms with van der Waals surface area (Å²) in [6, 6.07) is 4.16. The van der Waals surface area contributed by atoms with Crippen LogP contribution in [0.4, 0.5) is 13.2 Å². The van der Waals surface area contributed by atoms with E-state index in [9.17, 15) is 23.1 Å². The lowest BCUT2D eigenvalue weighted by atomic mass is 10.0. The Morgan fingerprint density at radius 3 is 2.50 bits per heavy atom. The first-order chi connectivity index (χ1) is 11.3. The number of fused-ring (bicyclic) bond motifs is 1. The number of carboxylic acid groups (broad SMARTS) is 1. The van der Waals surface area contributed by atoms with E-state index in [2.05, 4.69) is 0 Å². The zero-order valence-electron chi connectivity index (χ0n) is 12.0. The van der Waals surface area contributed by atoms with Gasteiger partial charge in [0.2, 0.25) is 0 Å². The van der Waals surface area contributed by atoms with Crippen LogP contribution in [0.15, 0.2) is 24.3 Å². The Balaban J connectivity index is 2.46. The minimum atomic E-state index is -1.33. The number of benzene rings is 2. The van der Waals surface area contributed by atoms with E-state index in [1.165, 1.54) is 6.07 Å². The van der Waals surface area contributed by atoms with Gasteiger partial charge in [-0.05, 0) is 18.2 Å². The molecule has 0 radical (unpaired) electrons. The van der Waals surface area contributed by atoms with Crippen molar-refractivity contribution in [3.8, 4) is 16.9 Å². The third-order valence-corrected chi connectivity index (χ3v) is 4.93. The van der Waals surface area contributed by atoms with Gasteiger partial charge in [0, 0.05) is 27.3 Å². The first-order valence-electron chi connectivity index (χ1n) is 6.52. The van der Waals surface area contributed by atoms with Crippen molar-refractivity contribution in [3.05, 3.63) is 51.6 Å². The third kappa shape index (κ3) is 2.50. The van der Waals surface area contributed by atoms with Crippen LogP contribution in [0.5, 0.6) is 5.75 Å². The summed E-state index contributed by atoms with van der Waals surface area (Å²) in [4.78, 5) is 11.3. The quantitative estimate of drug-likeness (QED) is 0.674. The average molecular weight is 373 g/mol. The SMILES string of the molecule is COc1c(F)cc(F)c(-c2c(C(=O)O)sc3cc(F)ccc23)c1Cl. The number of rotatable bonds is 3. The van der Waals surface area contributed by atoms with E-state index in [0.717, 1.165) is 30.6 Å². The molecular formula is C16H8ClF3O3S. The first kappa shape index (κ1) is 16.6. The third-order valence-electron chi connectivity index (χ3n) is 3.43. The van der Waals surface area contributed by atoms with Gasteiger partial charge in [0.15, 0.2) is 11.6 Å². The van der Waals surface area contributed by atoms with Crippen molar-refractivity contribution >= 4 is 39.0 Å². The van der Waals surface area contributed by atoms with Crippen LogP contribution in [-0.4, -0.2) is 18.2 Å². The molecule has 3 rings (SSSR count). The summed E-state index contributed by atoms with van der Waals surface area (Å²) in [7, 11) is 1.16. The summed E-state index contributed by atoms with van der Waals surface area (Å²) < 4.78 is 46.7. The number of thiophene rings is 1. The molecule has 0 spiro atoms. The second-order valence-corrected chi connectivity index (χ2v) is 6.24. The van der Waals surface area contributed by atoms with Gasteiger partial charge in [0.05, 0.1) is 12.1 Å². The second kappa shape index (κ2) is 5.99. The number of hydrogen-bond donors (Lipinski definition) is 1. The van der Waals surface area contributed by atoms with E-state index in [1.807, 2.05) is 0 Å². The van der Waals surface area contributed by atoms with Crippen LogP contribution in [-0.2, 0) is 0 Å². The predicted molar refractivity (Wildman–Crippen MR) is 85.7 cm³/mol. The Morgan fingerprint density at radius 2 is 1.88 bits per heavy atom. The van der Waals surface area contributed by atoms with E-state index in [-0.39, 0.29) is 21.0 Å². The molecule has 0 aliphatic heterocycles. The molecule has 1 heterocycles. The molecule has 0 fully saturated rings. The van der Waals surface area contributed by atoms with Gasteiger partial charge < -0.3 is 9.84 Å². The molecule has 0 saturated heterocycles. The predicted octanol–water partition coefficient (Wildman–Crippen LogP) is 5.35. The lowest BCUT2D eigenvalue weighted by molar-refractivity contribution is 0.0703. The topological polar surface area (TPSA) is 46.5 Å². The average Bonchev–Trinajstić information content (AvgIpc) is 2.86. The number of hydrogen-bond acceptors (Lipinski definition) is 3. The Morgan fingerprint density at radius 1 is 1.17 bits per heavy atom. The lowest BCUT2D eigenvalue weighted by Gasteiger charge is -2.12. The molecule has 2 aromatic carbocycles. The highest BCUT2D eigenvalue weighted by Crippen LogP contribution is 2.46. The largest absolute Gasteiger partial charge is 0.492 e. The van der Waals surface area contributed by atoms with Crippen molar-refractivity contribution in [2.45, 2.75) is 0 Å². The van der Waals surface area contributed by atoms with Gasteiger partial charge in [0.1, 0.15) is 16.5 Å². The van der Waals surface area contributed by atoms with Gasteiger partial charge >= 0.3 is 5.97 Å². The Labute approximate surface area is 142 Å². The molecule has 0 saturated carbocycles. The maximum atomic E-state index is 14.4. The van der Waals surface area contributed by atoms with Crippen LogP contribution in [0, 0.1) is 17.5 Å². The van der Waals surface area contributed by atoms with E-state index in [4.69, 9.17) is 16.3 Å². The van der Waals surface area contributed by atoms with Crippen molar-refractivity contribution in [2.24, 2.45) is 0 Å². The normalized spacial score (nSPS) is 11.0. The first-order valence-corrected chi connectivity index (χ1v) is 7.71. The van der Waals surface area contributed by atoms with Gasteiger partial charge in [-0.1, -0.05) is 11.6 Å². The summed E-state index contributed by atoms with van der Waals surface area (Å²) in [5.41, 5.74) is -0.339. The molecule has 0 bridgehead atoms. The minimum Gasteiger partial charge on any atom is -0.492 e. The molecule has 3 aromatic rings. The maximum Gasteiger partial charge on any atom is 0.346 e. The van der Waals surface area contributed by atoms with Crippen LogP contribution in [0.3, 0.4) is 0 Å². The molecule has 0 unspecified atom stereocenters. The molecule has 8 heteroatoms. The summed E-state index contributed by atoms with van der Waals surface area (Å²) in [5.74, 6) is -4.33. The maximum absolute atomic E-state index is 14.4. The number of carbonyl (C=O) groups is 1. The van der Waals surface area contributed by atoms with Crippen molar-refractivity contribution in [3.63, 3.8) is 0 Å². The van der Waals surface area contributed by atoms with Crippen molar-refractivity contribution < 1.29 is 27.8 Å². The molecule has 1 N–H and O–H groups in total. The highest BCUT2D eigenvalue weighted by molar-refractivity contribution is 7.21. The van der Waals surface area contributed by atoms with Gasteiger partial charge in [-0.15, -0.1) is 11.3 Å². The van der Waals surface area contributed by atoms with E-state index < -0.39 is 29.2 Å². The molecule has 0 amide bonds. The Kier molecular flexibility index (Phi) is 4.15. The van der Waals surface area contributed by atoms with E-state index in [0.29, 0.717) is 16.2 Å². The summed E-state index contributed by atoms with van der Waals surface area (Å²) in [6.45, 7) is 0. The van der Waals surface area contributed by atoms with Gasteiger partial charge in [-0.2, -0.15) is 0 Å². The van der Waals surface area contributed by atoms with Gasteiger partial charge in [-0.3, -0.25) is 0 Å². The van der Waals surface area contributed by atoms with Gasteiger partial charge in [0.25, 0.3) is 0 Å². The van der Waals surface area contributed by atoms with Crippen LogP contribution < -0.4 is 4.74 Å². The van der Waals surface area contributed by atoms with Crippen molar-refractivity contribution in [1.29, 1.82) is 0 Å².